The van der Waals surface area contributed by atoms with Gasteiger partial charge < -0.3 is 9.80 Å². The lowest BCUT2D eigenvalue weighted by Gasteiger charge is -2.31. The van der Waals surface area contributed by atoms with Crippen molar-refractivity contribution in [1.82, 2.24) is 9.80 Å². The zero-order valence-corrected chi connectivity index (χ0v) is 9.93. The summed E-state index contributed by atoms with van der Waals surface area (Å²) in [4.78, 5) is 4.06. The summed E-state index contributed by atoms with van der Waals surface area (Å²) in [5.41, 5.74) is 0. The van der Waals surface area contributed by atoms with Crippen LogP contribution in [0, 0.1) is 5.41 Å². The van der Waals surface area contributed by atoms with E-state index in [1.807, 2.05) is 11.9 Å². The minimum absolute atomic E-state index is 0.569. The fourth-order valence-electron chi connectivity index (χ4n) is 1.38. The zero-order valence-electron chi connectivity index (χ0n) is 9.93. The summed E-state index contributed by atoms with van der Waals surface area (Å²) in [6.45, 7) is 12.0. The summed E-state index contributed by atoms with van der Waals surface area (Å²) >= 11 is 0. The molecule has 0 saturated carbocycles. The van der Waals surface area contributed by atoms with Gasteiger partial charge in [-0.3, -0.25) is 5.41 Å². The van der Waals surface area contributed by atoms with E-state index >= 15 is 0 Å². The Kier molecular flexibility index (Phi) is 6.00. The molecule has 0 bridgehead atoms. The molecule has 0 rings (SSSR count). The van der Waals surface area contributed by atoms with Crippen LogP contribution in [0.15, 0.2) is 12.4 Å². The van der Waals surface area contributed by atoms with Crippen molar-refractivity contribution in [3.8, 4) is 0 Å². The third-order valence-corrected chi connectivity index (χ3v) is 2.16. The molecule has 0 aliphatic heterocycles. The zero-order chi connectivity index (χ0) is 11.1. The standard InChI is InChI=1S/C11H23N3/c1-6-8-13(5)11(4)14(9-7-2)10(3)12/h12H,4,6-9H2,1-3,5H3. The van der Waals surface area contributed by atoms with Gasteiger partial charge in [-0.15, -0.1) is 0 Å². The quantitative estimate of drug-likeness (QED) is 0.524. The average molecular weight is 197 g/mol. The number of amidine groups is 1. The Morgan fingerprint density at radius 1 is 1.21 bits per heavy atom. The lowest BCUT2D eigenvalue weighted by Crippen LogP contribution is -2.36. The van der Waals surface area contributed by atoms with Crippen LogP contribution in [0.5, 0.6) is 0 Å². The van der Waals surface area contributed by atoms with Gasteiger partial charge in [0.05, 0.1) is 5.84 Å². The average Bonchev–Trinajstić information content (AvgIpc) is 2.13. The Balaban J connectivity index is 4.35. The minimum Gasteiger partial charge on any atom is -0.362 e. The van der Waals surface area contributed by atoms with Gasteiger partial charge in [0.1, 0.15) is 5.82 Å². The van der Waals surface area contributed by atoms with Crippen molar-refractivity contribution in [2.45, 2.75) is 33.6 Å². The van der Waals surface area contributed by atoms with Crippen molar-refractivity contribution in [2.24, 2.45) is 0 Å². The van der Waals surface area contributed by atoms with Crippen LogP contribution in [0.1, 0.15) is 33.6 Å². The molecular weight excluding hydrogens is 174 g/mol. The van der Waals surface area contributed by atoms with Crippen LogP contribution in [0.3, 0.4) is 0 Å². The number of nitrogens with one attached hydrogen (secondary N) is 1. The Hall–Kier alpha value is -0.990. The molecule has 0 aliphatic carbocycles. The predicted octanol–water partition coefficient (Wildman–Crippen LogP) is 2.51. The highest BCUT2D eigenvalue weighted by Crippen LogP contribution is 2.08. The second kappa shape index (κ2) is 6.46. The first-order valence-electron chi connectivity index (χ1n) is 5.27. The summed E-state index contributed by atoms with van der Waals surface area (Å²) in [6.07, 6.45) is 2.14. The van der Waals surface area contributed by atoms with Gasteiger partial charge in [-0.2, -0.15) is 0 Å². The Morgan fingerprint density at radius 3 is 2.07 bits per heavy atom. The molecule has 0 amide bonds. The van der Waals surface area contributed by atoms with Crippen LogP contribution in [-0.2, 0) is 0 Å². The van der Waals surface area contributed by atoms with Crippen molar-refractivity contribution in [1.29, 1.82) is 5.41 Å². The Labute approximate surface area is 87.9 Å². The van der Waals surface area contributed by atoms with Crippen LogP contribution >= 0.6 is 0 Å². The number of hydrogen-bond donors (Lipinski definition) is 1. The Morgan fingerprint density at radius 2 is 1.71 bits per heavy atom. The molecule has 0 fully saturated rings. The van der Waals surface area contributed by atoms with E-state index in [0.717, 1.165) is 31.8 Å². The largest absolute Gasteiger partial charge is 0.362 e. The van der Waals surface area contributed by atoms with E-state index in [2.05, 4.69) is 25.3 Å². The van der Waals surface area contributed by atoms with Crippen molar-refractivity contribution in [3.05, 3.63) is 12.4 Å². The van der Waals surface area contributed by atoms with Crippen LogP contribution in [0.25, 0.3) is 0 Å². The maximum absolute atomic E-state index is 7.65. The summed E-state index contributed by atoms with van der Waals surface area (Å²) in [7, 11) is 2.03. The second-order valence-corrected chi connectivity index (χ2v) is 3.57. The summed E-state index contributed by atoms with van der Waals surface area (Å²) in [5, 5.41) is 7.65. The normalized spacial score (nSPS) is 9.71. The minimum atomic E-state index is 0.569. The molecule has 1 N–H and O–H groups in total. The van der Waals surface area contributed by atoms with E-state index in [4.69, 9.17) is 5.41 Å². The van der Waals surface area contributed by atoms with Gasteiger partial charge in [-0.1, -0.05) is 20.4 Å². The molecule has 0 unspecified atom stereocenters. The molecule has 0 aromatic rings. The van der Waals surface area contributed by atoms with E-state index in [1.165, 1.54) is 0 Å². The van der Waals surface area contributed by atoms with Crippen LogP contribution in [0.4, 0.5) is 0 Å². The molecule has 82 valence electrons. The Bertz CT molecular complexity index is 199. The lowest BCUT2D eigenvalue weighted by atomic mass is 10.3. The fourth-order valence-corrected chi connectivity index (χ4v) is 1.38. The van der Waals surface area contributed by atoms with Crippen LogP contribution in [-0.4, -0.2) is 35.8 Å². The van der Waals surface area contributed by atoms with Gasteiger partial charge in [0.25, 0.3) is 0 Å². The van der Waals surface area contributed by atoms with Crippen LogP contribution in [0.2, 0.25) is 0 Å². The second-order valence-electron chi connectivity index (χ2n) is 3.57. The molecule has 0 aromatic heterocycles. The lowest BCUT2D eigenvalue weighted by molar-refractivity contribution is 0.308. The van der Waals surface area contributed by atoms with Crippen molar-refractivity contribution in [3.63, 3.8) is 0 Å². The highest BCUT2D eigenvalue weighted by atomic mass is 15.3. The highest BCUT2D eigenvalue weighted by Gasteiger charge is 2.11. The van der Waals surface area contributed by atoms with E-state index in [1.54, 1.807) is 6.92 Å². The number of nitrogens with zero attached hydrogens (tertiary/aromatic N) is 2. The topological polar surface area (TPSA) is 30.3 Å². The van der Waals surface area contributed by atoms with E-state index in [9.17, 15) is 0 Å². The molecule has 0 spiro atoms. The van der Waals surface area contributed by atoms with Gasteiger partial charge in [-0.25, -0.2) is 0 Å². The monoisotopic (exact) mass is 197 g/mol. The van der Waals surface area contributed by atoms with Crippen molar-refractivity contribution in [2.75, 3.05) is 20.1 Å². The summed E-state index contributed by atoms with van der Waals surface area (Å²) in [5.74, 6) is 1.50. The molecule has 3 nitrogen and oxygen atoms in total. The molecule has 0 heterocycles. The van der Waals surface area contributed by atoms with Gasteiger partial charge in [0, 0.05) is 20.1 Å². The molecular formula is C11H23N3. The molecule has 0 radical (unpaired) electrons. The molecule has 0 saturated heterocycles. The summed E-state index contributed by atoms with van der Waals surface area (Å²) in [6, 6.07) is 0. The van der Waals surface area contributed by atoms with E-state index in [-0.39, 0.29) is 0 Å². The third-order valence-electron chi connectivity index (χ3n) is 2.16. The van der Waals surface area contributed by atoms with E-state index in [0.29, 0.717) is 5.84 Å². The summed E-state index contributed by atoms with van der Waals surface area (Å²) < 4.78 is 0. The molecule has 0 atom stereocenters. The number of rotatable bonds is 6. The van der Waals surface area contributed by atoms with Crippen LogP contribution < -0.4 is 0 Å². The smallest absolute Gasteiger partial charge is 0.102 e. The van der Waals surface area contributed by atoms with Gasteiger partial charge in [-0.05, 0) is 19.8 Å². The maximum Gasteiger partial charge on any atom is 0.102 e. The molecule has 0 aliphatic rings. The van der Waals surface area contributed by atoms with Crippen molar-refractivity contribution < 1.29 is 0 Å². The van der Waals surface area contributed by atoms with E-state index < -0.39 is 0 Å². The SMILES string of the molecule is C=C(N(C)CCC)N(CCC)C(C)=N. The highest BCUT2D eigenvalue weighted by molar-refractivity contribution is 5.77. The first-order valence-corrected chi connectivity index (χ1v) is 5.27. The fraction of sp³-hybridized carbons (Fsp3) is 0.727. The van der Waals surface area contributed by atoms with Crippen molar-refractivity contribution >= 4 is 5.84 Å². The first kappa shape index (κ1) is 13.0. The first-order chi connectivity index (χ1) is 6.54. The van der Waals surface area contributed by atoms with Gasteiger partial charge >= 0.3 is 0 Å². The molecule has 14 heavy (non-hydrogen) atoms. The molecule has 0 aromatic carbocycles. The number of hydrogen-bond acceptors (Lipinski definition) is 2. The molecule has 3 heteroatoms. The third kappa shape index (κ3) is 3.81. The van der Waals surface area contributed by atoms with Gasteiger partial charge in [0.15, 0.2) is 0 Å². The maximum atomic E-state index is 7.65. The van der Waals surface area contributed by atoms with Gasteiger partial charge in [0.2, 0.25) is 0 Å². The predicted molar refractivity (Wildman–Crippen MR) is 62.5 cm³/mol.